The Bertz CT molecular complexity index is 639. The Balaban J connectivity index is 1.74. The van der Waals surface area contributed by atoms with E-state index < -0.39 is 0 Å². The highest BCUT2D eigenvalue weighted by Crippen LogP contribution is 2.48. The summed E-state index contributed by atoms with van der Waals surface area (Å²) in [6, 6.07) is 11.0. The van der Waals surface area contributed by atoms with Gasteiger partial charge in [0.25, 0.3) is 0 Å². The Morgan fingerprint density at radius 1 is 1.29 bits per heavy atom. The first-order chi connectivity index (χ1) is 10.2. The van der Waals surface area contributed by atoms with Gasteiger partial charge in [-0.1, -0.05) is 30.3 Å². The van der Waals surface area contributed by atoms with E-state index in [-0.39, 0.29) is 17.5 Å². The fraction of sp³-hybridized carbons (Fsp3) is 0.533. The summed E-state index contributed by atoms with van der Waals surface area (Å²) < 4.78 is 0. The zero-order valence-corrected chi connectivity index (χ0v) is 12.1. The van der Waals surface area contributed by atoms with Gasteiger partial charge in [-0.2, -0.15) is 4.80 Å². The molecule has 6 heteroatoms. The van der Waals surface area contributed by atoms with Gasteiger partial charge in [0.15, 0.2) is 5.82 Å². The van der Waals surface area contributed by atoms with Crippen molar-refractivity contribution in [3.63, 3.8) is 0 Å². The third-order valence-corrected chi connectivity index (χ3v) is 5.04. The third-order valence-electron chi connectivity index (χ3n) is 5.04. The highest BCUT2D eigenvalue weighted by atomic mass is 15.6. The van der Waals surface area contributed by atoms with Crippen LogP contribution in [0, 0.1) is 0 Å². The van der Waals surface area contributed by atoms with E-state index in [1.54, 1.807) is 0 Å². The largest absolute Gasteiger partial charge is 0.326 e. The van der Waals surface area contributed by atoms with Gasteiger partial charge in [0.05, 0.1) is 12.6 Å². The molecule has 2 aliphatic rings. The van der Waals surface area contributed by atoms with Gasteiger partial charge < -0.3 is 11.1 Å². The summed E-state index contributed by atoms with van der Waals surface area (Å²) in [6.07, 6.45) is 3.04. The fourth-order valence-corrected chi connectivity index (χ4v) is 3.99. The molecule has 4 rings (SSSR count). The summed E-state index contributed by atoms with van der Waals surface area (Å²) in [7, 11) is 1.81. The van der Waals surface area contributed by atoms with Gasteiger partial charge in [0.1, 0.15) is 0 Å². The second-order valence-electron chi connectivity index (χ2n) is 6.22. The van der Waals surface area contributed by atoms with Crippen LogP contribution in [0.3, 0.4) is 0 Å². The molecule has 2 aromatic rings. The van der Waals surface area contributed by atoms with E-state index in [1.165, 1.54) is 10.4 Å². The SMILES string of the molecule is Cn1nnc([C@@H]2C[C@]3(c4ccccc4)N[C@H]2CC[C@H]3N)n1. The molecule has 2 aliphatic heterocycles. The van der Waals surface area contributed by atoms with Crippen molar-refractivity contribution in [2.75, 3.05) is 0 Å². The Hall–Kier alpha value is -1.79. The van der Waals surface area contributed by atoms with Crippen molar-refractivity contribution in [1.29, 1.82) is 0 Å². The smallest absolute Gasteiger partial charge is 0.179 e. The van der Waals surface area contributed by atoms with Crippen LogP contribution in [0.15, 0.2) is 30.3 Å². The predicted molar refractivity (Wildman–Crippen MR) is 78.4 cm³/mol. The molecule has 0 unspecified atom stereocenters. The summed E-state index contributed by atoms with van der Waals surface area (Å²) in [5.74, 6) is 1.12. The van der Waals surface area contributed by atoms with Crippen molar-refractivity contribution >= 4 is 0 Å². The summed E-state index contributed by atoms with van der Waals surface area (Å²) in [5.41, 5.74) is 7.62. The molecule has 2 bridgehead atoms. The number of aryl methyl sites for hydroxylation is 1. The van der Waals surface area contributed by atoms with Crippen LogP contribution in [0.25, 0.3) is 0 Å². The molecule has 1 aromatic heterocycles. The number of piperidine rings is 1. The standard InChI is InChI=1S/C15H20N6/c1-21-19-14(18-20-21)11-9-15(10-5-3-2-4-6-10)13(16)8-7-12(11)17-15/h2-6,11-13,17H,7-9,16H2,1H3/t11-,12+,13-,15-/m1/s1. The number of benzene rings is 1. The van der Waals surface area contributed by atoms with E-state index in [1.807, 2.05) is 13.1 Å². The Morgan fingerprint density at radius 2 is 2.10 bits per heavy atom. The van der Waals surface area contributed by atoms with Gasteiger partial charge in [0.2, 0.25) is 0 Å². The fourth-order valence-electron chi connectivity index (χ4n) is 3.99. The van der Waals surface area contributed by atoms with Gasteiger partial charge in [-0.3, -0.25) is 0 Å². The minimum absolute atomic E-state index is 0.123. The van der Waals surface area contributed by atoms with E-state index >= 15 is 0 Å². The van der Waals surface area contributed by atoms with E-state index in [0.29, 0.717) is 6.04 Å². The summed E-state index contributed by atoms with van der Waals surface area (Å²) in [4.78, 5) is 1.53. The van der Waals surface area contributed by atoms with Crippen molar-refractivity contribution in [2.45, 2.75) is 42.8 Å². The Morgan fingerprint density at radius 3 is 2.81 bits per heavy atom. The summed E-state index contributed by atoms with van der Waals surface area (Å²) in [6.45, 7) is 0. The second kappa shape index (κ2) is 4.61. The lowest BCUT2D eigenvalue weighted by Gasteiger charge is -2.40. The van der Waals surface area contributed by atoms with E-state index in [2.05, 4.69) is 45.0 Å². The number of tetrazole rings is 1. The molecule has 0 aliphatic carbocycles. The maximum absolute atomic E-state index is 6.50. The molecule has 21 heavy (non-hydrogen) atoms. The molecule has 2 saturated heterocycles. The van der Waals surface area contributed by atoms with Crippen LogP contribution in [0.1, 0.15) is 36.6 Å². The lowest BCUT2D eigenvalue weighted by Crippen LogP contribution is -2.57. The Labute approximate surface area is 123 Å². The van der Waals surface area contributed by atoms with Crippen LogP contribution in [-0.2, 0) is 12.6 Å². The number of fused-ring (bicyclic) bond motifs is 2. The maximum atomic E-state index is 6.50. The van der Waals surface area contributed by atoms with E-state index in [0.717, 1.165) is 25.1 Å². The van der Waals surface area contributed by atoms with Crippen LogP contribution in [-0.4, -0.2) is 32.3 Å². The van der Waals surface area contributed by atoms with Crippen molar-refractivity contribution in [1.82, 2.24) is 25.5 Å². The molecule has 2 fully saturated rings. The topological polar surface area (TPSA) is 81.7 Å². The van der Waals surface area contributed by atoms with Gasteiger partial charge in [0, 0.05) is 18.0 Å². The number of nitrogens with two attached hydrogens (primary N) is 1. The first kappa shape index (κ1) is 12.9. The molecule has 4 atom stereocenters. The number of hydrogen-bond donors (Lipinski definition) is 2. The number of nitrogens with one attached hydrogen (secondary N) is 1. The average Bonchev–Trinajstić information content (AvgIpc) is 3.07. The maximum Gasteiger partial charge on any atom is 0.179 e. The average molecular weight is 284 g/mol. The number of aromatic nitrogens is 4. The van der Waals surface area contributed by atoms with Crippen LogP contribution < -0.4 is 11.1 Å². The normalized spacial score (nSPS) is 35.0. The molecule has 3 N–H and O–H groups in total. The molecule has 0 radical (unpaired) electrons. The number of nitrogens with zero attached hydrogens (tertiary/aromatic N) is 4. The number of rotatable bonds is 2. The van der Waals surface area contributed by atoms with E-state index in [4.69, 9.17) is 5.73 Å². The highest BCUT2D eigenvalue weighted by Gasteiger charge is 2.53. The first-order valence-electron chi connectivity index (χ1n) is 7.52. The van der Waals surface area contributed by atoms with Gasteiger partial charge in [-0.05, 0) is 30.0 Å². The predicted octanol–water partition coefficient (Wildman–Crippen LogP) is 0.672. The van der Waals surface area contributed by atoms with Crippen LogP contribution in [0.2, 0.25) is 0 Å². The molecule has 0 saturated carbocycles. The summed E-state index contributed by atoms with van der Waals surface area (Å²) in [5, 5.41) is 16.4. The lowest BCUT2D eigenvalue weighted by atomic mass is 9.79. The molecular formula is C15H20N6. The van der Waals surface area contributed by atoms with Crippen molar-refractivity contribution in [3.05, 3.63) is 41.7 Å². The quantitative estimate of drug-likeness (QED) is 0.847. The molecule has 110 valence electrons. The van der Waals surface area contributed by atoms with Gasteiger partial charge in [-0.15, -0.1) is 10.2 Å². The molecule has 6 nitrogen and oxygen atoms in total. The minimum Gasteiger partial charge on any atom is -0.326 e. The molecule has 0 spiro atoms. The van der Waals surface area contributed by atoms with Crippen LogP contribution in [0.4, 0.5) is 0 Å². The second-order valence-corrected chi connectivity index (χ2v) is 6.22. The minimum atomic E-state index is -0.159. The number of hydrogen-bond acceptors (Lipinski definition) is 5. The molecular weight excluding hydrogens is 264 g/mol. The molecule has 3 heterocycles. The highest BCUT2D eigenvalue weighted by molar-refractivity contribution is 5.32. The monoisotopic (exact) mass is 284 g/mol. The van der Waals surface area contributed by atoms with Crippen LogP contribution in [0.5, 0.6) is 0 Å². The van der Waals surface area contributed by atoms with E-state index in [9.17, 15) is 0 Å². The summed E-state index contributed by atoms with van der Waals surface area (Å²) >= 11 is 0. The zero-order chi connectivity index (χ0) is 14.4. The van der Waals surface area contributed by atoms with Gasteiger partial charge >= 0.3 is 0 Å². The Kier molecular flexibility index (Phi) is 2.83. The van der Waals surface area contributed by atoms with Crippen molar-refractivity contribution in [3.8, 4) is 0 Å². The molecule has 0 amide bonds. The lowest BCUT2D eigenvalue weighted by molar-refractivity contribution is 0.238. The first-order valence-corrected chi connectivity index (χ1v) is 7.52. The zero-order valence-electron chi connectivity index (χ0n) is 12.1. The van der Waals surface area contributed by atoms with Crippen LogP contribution >= 0.6 is 0 Å². The molecule has 1 aromatic carbocycles. The van der Waals surface area contributed by atoms with Crippen molar-refractivity contribution < 1.29 is 0 Å². The third kappa shape index (κ3) is 1.90. The van der Waals surface area contributed by atoms with Crippen molar-refractivity contribution in [2.24, 2.45) is 12.8 Å². The van der Waals surface area contributed by atoms with Gasteiger partial charge in [-0.25, -0.2) is 0 Å².